The van der Waals surface area contributed by atoms with Gasteiger partial charge in [0.05, 0.1) is 20.0 Å². The summed E-state index contributed by atoms with van der Waals surface area (Å²) in [5.41, 5.74) is 2.79. The molecule has 0 atom stereocenters. The molecule has 6 heteroatoms. The van der Waals surface area contributed by atoms with Crippen LogP contribution in [0.25, 0.3) is 11.2 Å². The number of imidazole rings is 1. The average molecular weight is 283 g/mol. The molecule has 0 amide bonds. The molecule has 3 aromatic rings. The van der Waals surface area contributed by atoms with Crippen molar-refractivity contribution in [3.8, 4) is 5.75 Å². The zero-order chi connectivity index (χ0) is 14.8. The summed E-state index contributed by atoms with van der Waals surface area (Å²) in [6.45, 7) is 2.59. The quantitative estimate of drug-likeness (QED) is 0.795. The second kappa shape index (κ2) is 5.40. The van der Waals surface area contributed by atoms with E-state index < -0.39 is 0 Å². The Morgan fingerprint density at radius 2 is 1.95 bits per heavy atom. The van der Waals surface area contributed by atoms with Crippen molar-refractivity contribution in [2.24, 2.45) is 0 Å². The van der Waals surface area contributed by atoms with Crippen LogP contribution in [-0.4, -0.2) is 33.7 Å². The number of anilines is 1. The topological polar surface area (TPSA) is 64.9 Å². The summed E-state index contributed by atoms with van der Waals surface area (Å²) >= 11 is 0. The molecule has 6 nitrogen and oxygen atoms in total. The Morgan fingerprint density at radius 1 is 1.19 bits per heavy atom. The summed E-state index contributed by atoms with van der Waals surface area (Å²) in [5, 5.41) is 3.06. The first-order chi connectivity index (χ1) is 10.2. The number of nitrogens with zero attached hydrogens (tertiary/aromatic N) is 4. The number of fused-ring (bicyclic) bond motifs is 1. The summed E-state index contributed by atoms with van der Waals surface area (Å²) in [7, 11) is 3.50. The summed E-state index contributed by atoms with van der Waals surface area (Å²) < 4.78 is 7.19. The molecule has 0 saturated heterocycles. The molecule has 0 unspecified atom stereocenters. The fourth-order valence-corrected chi connectivity index (χ4v) is 2.27. The van der Waals surface area contributed by atoms with Gasteiger partial charge in [-0.25, -0.2) is 15.0 Å². The molecule has 0 aliphatic heterocycles. The van der Waals surface area contributed by atoms with E-state index in [1.54, 1.807) is 13.4 Å². The first kappa shape index (κ1) is 13.4. The Bertz CT molecular complexity index is 764. The van der Waals surface area contributed by atoms with Gasteiger partial charge < -0.3 is 14.6 Å². The maximum Gasteiger partial charge on any atom is 0.166 e. The third-order valence-electron chi connectivity index (χ3n) is 3.32. The summed E-state index contributed by atoms with van der Waals surface area (Å²) in [6, 6.07) is 7.98. The number of hydrogen-bond acceptors (Lipinski definition) is 5. The highest BCUT2D eigenvalue weighted by molar-refractivity contribution is 5.82. The molecule has 108 valence electrons. The van der Waals surface area contributed by atoms with Gasteiger partial charge in [0.1, 0.15) is 17.1 Å². The summed E-state index contributed by atoms with van der Waals surface area (Å²) in [6.07, 6.45) is 1.80. The lowest BCUT2D eigenvalue weighted by atomic mass is 10.2. The molecule has 0 aliphatic rings. The predicted octanol–water partition coefficient (Wildman–Crippen LogP) is 2.23. The molecular formula is C15H17N5O. The van der Waals surface area contributed by atoms with Gasteiger partial charge in [-0.1, -0.05) is 12.1 Å². The van der Waals surface area contributed by atoms with E-state index in [4.69, 9.17) is 4.74 Å². The number of methoxy groups -OCH3 is 1. The second-order valence-corrected chi connectivity index (χ2v) is 4.76. The molecule has 1 N–H and O–H groups in total. The Labute approximate surface area is 122 Å². The molecule has 0 radical (unpaired) electrons. The zero-order valence-corrected chi connectivity index (χ0v) is 12.3. The fourth-order valence-electron chi connectivity index (χ4n) is 2.27. The van der Waals surface area contributed by atoms with Crippen LogP contribution in [0.4, 0.5) is 5.82 Å². The van der Waals surface area contributed by atoms with Crippen LogP contribution in [0.1, 0.15) is 11.4 Å². The lowest BCUT2D eigenvalue weighted by Crippen LogP contribution is -2.03. The number of aromatic nitrogens is 4. The van der Waals surface area contributed by atoms with E-state index in [1.807, 2.05) is 42.8 Å². The van der Waals surface area contributed by atoms with Crippen molar-refractivity contribution in [3.05, 3.63) is 42.0 Å². The molecule has 2 aromatic heterocycles. The molecule has 2 heterocycles. The van der Waals surface area contributed by atoms with Crippen LogP contribution < -0.4 is 10.1 Å². The van der Waals surface area contributed by atoms with Gasteiger partial charge in [-0.05, 0) is 24.6 Å². The monoisotopic (exact) mass is 283 g/mol. The van der Waals surface area contributed by atoms with E-state index >= 15 is 0 Å². The molecular weight excluding hydrogens is 266 g/mol. The number of nitrogens with one attached hydrogen (secondary N) is 1. The van der Waals surface area contributed by atoms with Crippen LogP contribution >= 0.6 is 0 Å². The second-order valence-electron chi connectivity index (χ2n) is 4.76. The van der Waals surface area contributed by atoms with Crippen molar-refractivity contribution >= 4 is 17.0 Å². The number of hydrogen-bond donors (Lipinski definition) is 1. The summed E-state index contributed by atoms with van der Waals surface area (Å²) in [5.74, 6) is 2.33. The van der Waals surface area contributed by atoms with Gasteiger partial charge in [0.15, 0.2) is 11.5 Å². The summed E-state index contributed by atoms with van der Waals surface area (Å²) in [4.78, 5) is 13.3. The molecule has 3 rings (SSSR count). The minimum absolute atomic E-state index is 0.708. The van der Waals surface area contributed by atoms with Crippen molar-refractivity contribution in [2.75, 3.05) is 19.5 Å². The van der Waals surface area contributed by atoms with Crippen molar-refractivity contribution in [2.45, 2.75) is 13.5 Å². The van der Waals surface area contributed by atoms with E-state index in [0.717, 1.165) is 34.1 Å². The van der Waals surface area contributed by atoms with Gasteiger partial charge in [0, 0.05) is 7.05 Å². The molecule has 1 aromatic carbocycles. The van der Waals surface area contributed by atoms with Crippen LogP contribution in [0.15, 0.2) is 30.6 Å². The smallest absolute Gasteiger partial charge is 0.166 e. The lowest BCUT2D eigenvalue weighted by molar-refractivity contribution is 0.414. The van der Waals surface area contributed by atoms with Gasteiger partial charge in [0.2, 0.25) is 0 Å². The van der Waals surface area contributed by atoms with Gasteiger partial charge in [-0.2, -0.15) is 0 Å². The SMILES string of the molecule is CNc1nc(C)nc2c1ncn2Cc1ccc(OC)cc1. The predicted molar refractivity (Wildman–Crippen MR) is 81.7 cm³/mol. The fraction of sp³-hybridized carbons (Fsp3) is 0.267. The van der Waals surface area contributed by atoms with Crippen LogP contribution in [0.2, 0.25) is 0 Å². The maximum atomic E-state index is 5.17. The molecule has 0 spiro atoms. The average Bonchev–Trinajstić information content (AvgIpc) is 2.90. The number of aryl methyl sites for hydroxylation is 1. The minimum atomic E-state index is 0.708. The minimum Gasteiger partial charge on any atom is -0.497 e. The van der Waals surface area contributed by atoms with E-state index in [2.05, 4.69) is 20.3 Å². The number of benzene rings is 1. The molecule has 0 fully saturated rings. The van der Waals surface area contributed by atoms with Gasteiger partial charge in [-0.15, -0.1) is 0 Å². The molecule has 0 aliphatic carbocycles. The first-order valence-corrected chi connectivity index (χ1v) is 6.71. The van der Waals surface area contributed by atoms with E-state index in [1.165, 1.54) is 0 Å². The molecule has 0 saturated carbocycles. The van der Waals surface area contributed by atoms with Crippen molar-refractivity contribution < 1.29 is 4.74 Å². The Morgan fingerprint density at radius 3 is 2.62 bits per heavy atom. The highest BCUT2D eigenvalue weighted by atomic mass is 16.5. The van der Waals surface area contributed by atoms with Gasteiger partial charge in [-0.3, -0.25) is 0 Å². The van der Waals surface area contributed by atoms with Crippen LogP contribution in [0.3, 0.4) is 0 Å². The van der Waals surface area contributed by atoms with E-state index in [0.29, 0.717) is 6.54 Å². The van der Waals surface area contributed by atoms with Crippen molar-refractivity contribution in [3.63, 3.8) is 0 Å². The van der Waals surface area contributed by atoms with Crippen LogP contribution in [-0.2, 0) is 6.54 Å². The number of rotatable bonds is 4. The highest BCUT2D eigenvalue weighted by Crippen LogP contribution is 2.20. The third-order valence-corrected chi connectivity index (χ3v) is 3.32. The maximum absolute atomic E-state index is 5.17. The van der Waals surface area contributed by atoms with Crippen LogP contribution in [0, 0.1) is 6.92 Å². The highest BCUT2D eigenvalue weighted by Gasteiger charge is 2.11. The van der Waals surface area contributed by atoms with Crippen molar-refractivity contribution in [1.82, 2.24) is 19.5 Å². The van der Waals surface area contributed by atoms with Crippen LogP contribution in [0.5, 0.6) is 5.75 Å². The van der Waals surface area contributed by atoms with E-state index in [9.17, 15) is 0 Å². The Balaban J connectivity index is 1.98. The molecule has 0 bridgehead atoms. The third kappa shape index (κ3) is 2.52. The standard InChI is InChI=1S/C15H17N5O/c1-10-18-14(16-2)13-15(19-10)20(9-17-13)8-11-4-6-12(21-3)7-5-11/h4-7,9H,8H2,1-3H3,(H,16,18,19). The molecule has 21 heavy (non-hydrogen) atoms. The lowest BCUT2D eigenvalue weighted by Gasteiger charge is -2.07. The largest absolute Gasteiger partial charge is 0.497 e. The van der Waals surface area contributed by atoms with Gasteiger partial charge in [0.25, 0.3) is 0 Å². The normalized spacial score (nSPS) is 10.8. The van der Waals surface area contributed by atoms with Gasteiger partial charge >= 0.3 is 0 Å². The van der Waals surface area contributed by atoms with E-state index in [-0.39, 0.29) is 0 Å². The zero-order valence-electron chi connectivity index (χ0n) is 12.3. The Hall–Kier alpha value is -2.63. The number of ether oxygens (including phenoxy) is 1. The Kier molecular flexibility index (Phi) is 3.43. The first-order valence-electron chi connectivity index (χ1n) is 6.71. The van der Waals surface area contributed by atoms with Crippen molar-refractivity contribution in [1.29, 1.82) is 0 Å².